The number of Topliss-reactive ketones (excluding diaryl/α,β-unsaturated/α-hetero) is 2. The van der Waals surface area contributed by atoms with Gasteiger partial charge in [-0.3, -0.25) is 14.7 Å². The zero-order valence-corrected chi connectivity index (χ0v) is 8.47. The minimum absolute atomic E-state index is 0.311. The number of aryl methyl sites for hydroxylation is 1. The number of hydrogen-bond acceptors (Lipinski definition) is 3. The maximum Gasteiger partial charge on any atom is 0.232 e. The Morgan fingerprint density at radius 2 is 2.00 bits per heavy atom. The Balaban J connectivity index is 2.62. The first kappa shape index (κ1) is 9.12. The maximum absolute atomic E-state index is 11.7. The molecule has 4 nitrogen and oxygen atoms in total. The lowest BCUT2D eigenvalue weighted by molar-refractivity contribution is -0.123. The van der Waals surface area contributed by atoms with Crippen molar-refractivity contribution in [3.05, 3.63) is 17.0 Å². The topological polar surface area (TPSA) is 62.8 Å². The van der Waals surface area contributed by atoms with Crippen molar-refractivity contribution in [3.8, 4) is 0 Å². The van der Waals surface area contributed by atoms with Gasteiger partial charge in [0.1, 0.15) is 0 Å². The third kappa shape index (κ3) is 1.03. The number of fused-ring (bicyclic) bond motifs is 1. The van der Waals surface area contributed by atoms with Crippen molar-refractivity contribution < 1.29 is 9.59 Å². The molecule has 0 amide bonds. The fourth-order valence-electron chi connectivity index (χ4n) is 1.83. The second-order valence-corrected chi connectivity index (χ2v) is 4.39. The number of carbonyl (C=O) groups excluding carboxylic acids is 2. The Hall–Kier alpha value is -1.45. The zero-order valence-electron chi connectivity index (χ0n) is 8.47. The highest BCUT2D eigenvalue weighted by atomic mass is 16.2. The molecule has 4 heteroatoms. The van der Waals surface area contributed by atoms with Gasteiger partial charge in [-0.1, -0.05) is 13.8 Å². The van der Waals surface area contributed by atoms with Gasteiger partial charge in [-0.15, -0.1) is 0 Å². The second-order valence-electron chi connectivity index (χ2n) is 4.39. The third-order valence-electron chi connectivity index (χ3n) is 2.68. The van der Waals surface area contributed by atoms with Gasteiger partial charge in [0.25, 0.3) is 0 Å². The molecule has 0 spiro atoms. The van der Waals surface area contributed by atoms with Crippen molar-refractivity contribution >= 4 is 11.6 Å². The molecule has 0 bridgehead atoms. The molecule has 74 valence electrons. The lowest BCUT2D eigenvalue weighted by atomic mass is 9.74. The monoisotopic (exact) mass is 192 g/mol. The summed E-state index contributed by atoms with van der Waals surface area (Å²) in [4.78, 5) is 23.4. The number of ketones is 2. The van der Waals surface area contributed by atoms with E-state index < -0.39 is 11.2 Å². The van der Waals surface area contributed by atoms with Gasteiger partial charge in [0, 0.05) is 17.5 Å². The van der Waals surface area contributed by atoms with E-state index in [1.165, 1.54) is 0 Å². The highest BCUT2D eigenvalue weighted by Crippen LogP contribution is 2.31. The molecule has 1 aliphatic carbocycles. The molecule has 0 aliphatic heterocycles. The number of aromatic amines is 1. The number of aromatic nitrogens is 2. The Labute approximate surface area is 81.7 Å². The van der Waals surface area contributed by atoms with Gasteiger partial charge in [-0.2, -0.15) is 5.10 Å². The van der Waals surface area contributed by atoms with Crippen LogP contribution in [0.15, 0.2) is 0 Å². The maximum atomic E-state index is 11.7. The van der Waals surface area contributed by atoms with Crippen LogP contribution in [0.4, 0.5) is 0 Å². The summed E-state index contributed by atoms with van der Waals surface area (Å²) in [5, 5.41) is 6.78. The van der Waals surface area contributed by atoms with E-state index in [0.29, 0.717) is 17.7 Å². The molecule has 0 saturated carbocycles. The van der Waals surface area contributed by atoms with Crippen molar-refractivity contribution in [2.24, 2.45) is 5.41 Å². The van der Waals surface area contributed by atoms with Crippen LogP contribution in [0.5, 0.6) is 0 Å². The van der Waals surface area contributed by atoms with Gasteiger partial charge in [-0.05, 0) is 6.92 Å². The second kappa shape index (κ2) is 2.53. The predicted molar refractivity (Wildman–Crippen MR) is 50.1 cm³/mol. The average Bonchev–Trinajstić information content (AvgIpc) is 2.43. The summed E-state index contributed by atoms with van der Waals surface area (Å²) < 4.78 is 0. The molecular formula is C10H12N2O2. The fourth-order valence-corrected chi connectivity index (χ4v) is 1.83. The smallest absolute Gasteiger partial charge is 0.232 e. The molecule has 0 fully saturated rings. The van der Waals surface area contributed by atoms with Crippen LogP contribution in [-0.2, 0) is 11.2 Å². The predicted octanol–water partition coefficient (Wildman–Crippen LogP) is 1.05. The molecule has 14 heavy (non-hydrogen) atoms. The summed E-state index contributed by atoms with van der Waals surface area (Å²) in [6.07, 6.45) is 0.539. The minimum atomic E-state index is -0.605. The van der Waals surface area contributed by atoms with Gasteiger partial charge >= 0.3 is 0 Å². The Bertz CT molecular complexity index is 429. The van der Waals surface area contributed by atoms with Crippen molar-refractivity contribution in [2.45, 2.75) is 27.2 Å². The third-order valence-corrected chi connectivity index (χ3v) is 2.68. The first-order valence-corrected chi connectivity index (χ1v) is 4.56. The van der Waals surface area contributed by atoms with E-state index in [0.717, 1.165) is 5.69 Å². The SMILES string of the molecule is Cc1[nH]nc2c1C(=O)C(=O)C(C)(C)C2. The molecule has 2 rings (SSSR count). The van der Waals surface area contributed by atoms with Gasteiger partial charge < -0.3 is 0 Å². The molecule has 0 radical (unpaired) electrons. The normalized spacial score (nSPS) is 19.6. The number of nitrogens with one attached hydrogen (secondary N) is 1. The van der Waals surface area contributed by atoms with Crippen LogP contribution >= 0.6 is 0 Å². The summed E-state index contributed by atoms with van der Waals surface area (Å²) in [6.45, 7) is 5.32. The Kier molecular flexibility index (Phi) is 1.65. The molecule has 1 aromatic rings. The molecule has 1 aliphatic rings. The van der Waals surface area contributed by atoms with Crippen LogP contribution in [0.1, 0.15) is 35.6 Å². The van der Waals surface area contributed by atoms with Crippen molar-refractivity contribution in [1.29, 1.82) is 0 Å². The molecule has 1 heterocycles. The largest absolute Gasteiger partial charge is 0.290 e. The van der Waals surface area contributed by atoms with E-state index in [9.17, 15) is 9.59 Å². The van der Waals surface area contributed by atoms with Gasteiger partial charge in [0.15, 0.2) is 0 Å². The average molecular weight is 192 g/mol. The zero-order chi connectivity index (χ0) is 10.5. The summed E-state index contributed by atoms with van der Waals surface area (Å²) in [5.74, 6) is -0.711. The first-order valence-electron chi connectivity index (χ1n) is 4.56. The summed E-state index contributed by atoms with van der Waals surface area (Å²) in [7, 11) is 0. The van der Waals surface area contributed by atoms with Crippen LogP contribution in [0.25, 0.3) is 0 Å². The van der Waals surface area contributed by atoms with Crippen LogP contribution in [0.2, 0.25) is 0 Å². The van der Waals surface area contributed by atoms with E-state index in [1.54, 1.807) is 20.8 Å². The molecule has 0 saturated heterocycles. The molecule has 1 aromatic heterocycles. The van der Waals surface area contributed by atoms with Crippen LogP contribution < -0.4 is 0 Å². The molecule has 0 atom stereocenters. The fraction of sp³-hybridized carbons (Fsp3) is 0.500. The number of rotatable bonds is 0. The van der Waals surface area contributed by atoms with E-state index in [-0.39, 0.29) is 5.78 Å². The summed E-state index contributed by atoms with van der Waals surface area (Å²) in [5.41, 5.74) is 1.28. The minimum Gasteiger partial charge on any atom is -0.290 e. The van der Waals surface area contributed by atoms with Crippen molar-refractivity contribution in [3.63, 3.8) is 0 Å². The number of H-pyrrole nitrogens is 1. The van der Waals surface area contributed by atoms with E-state index in [2.05, 4.69) is 10.2 Å². The number of nitrogens with zero attached hydrogens (tertiary/aromatic N) is 1. The Morgan fingerprint density at radius 3 is 2.64 bits per heavy atom. The standard InChI is InChI=1S/C10H12N2O2/c1-5-7-6(12-11-5)4-10(2,3)9(14)8(7)13/h4H2,1-3H3,(H,11,12). The van der Waals surface area contributed by atoms with Gasteiger partial charge in [0.05, 0.1) is 11.3 Å². The van der Waals surface area contributed by atoms with Crippen molar-refractivity contribution in [1.82, 2.24) is 10.2 Å². The van der Waals surface area contributed by atoms with E-state index in [1.807, 2.05) is 0 Å². The van der Waals surface area contributed by atoms with Crippen molar-refractivity contribution in [2.75, 3.05) is 0 Å². The van der Waals surface area contributed by atoms with E-state index >= 15 is 0 Å². The first-order chi connectivity index (χ1) is 6.43. The number of carbonyl (C=O) groups is 2. The van der Waals surface area contributed by atoms with Crippen LogP contribution in [-0.4, -0.2) is 21.8 Å². The lowest BCUT2D eigenvalue weighted by Gasteiger charge is -2.25. The van der Waals surface area contributed by atoms with E-state index in [4.69, 9.17) is 0 Å². The van der Waals surface area contributed by atoms with Gasteiger partial charge in [0.2, 0.25) is 11.6 Å². The highest BCUT2D eigenvalue weighted by Gasteiger charge is 2.41. The number of hydrogen-bond donors (Lipinski definition) is 1. The quantitative estimate of drug-likeness (QED) is 0.625. The van der Waals surface area contributed by atoms with Crippen LogP contribution in [0, 0.1) is 12.3 Å². The van der Waals surface area contributed by atoms with Crippen LogP contribution in [0.3, 0.4) is 0 Å². The summed E-state index contributed by atoms with van der Waals surface area (Å²) >= 11 is 0. The van der Waals surface area contributed by atoms with Gasteiger partial charge in [-0.25, -0.2) is 0 Å². The Morgan fingerprint density at radius 1 is 1.36 bits per heavy atom. The summed E-state index contributed by atoms with van der Waals surface area (Å²) in [6, 6.07) is 0. The highest BCUT2D eigenvalue weighted by molar-refractivity contribution is 6.46. The molecule has 1 N–H and O–H groups in total. The lowest BCUT2D eigenvalue weighted by Crippen LogP contribution is -2.38. The molecular weight excluding hydrogens is 180 g/mol. The molecule has 0 unspecified atom stereocenters. The molecule has 0 aromatic carbocycles.